The van der Waals surface area contributed by atoms with Crippen LogP contribution in [0, 0.1) is 13.8 Å². The zero-order valence-corrected chi connectivity index (χ0v) is 12.3. The molecule has 2 N–H and O–H groups in total. The summed E-state index contributed by atoms with van der Waals surface area (Å²) in [5.74, 6) is 0. The predicted molar refractivity (Wildman–Crippen MR) is 86.1 cm³/mol. The highest BCUT2D eigenvalue weighted by Crippen LogP contribution is 2.27. The Morgan fingerprint density at radius 1 is 0.857 bits per heavy atom. The fourth-order valence-electron chi connectivity index (χ4n) is 3.17. The summed E-state index contributed by atoms with van der Waals surface area (Å²) in [6.07, 6.45) is 0. The Hall–Kier alpha value is -2.30. The van der Waals surface area contributed by atoms with Gasteiger partial charge in [0, 0.05) is 31.9 Å². The number of nitrogens with zero attached hydrogens (tertiary/aromatic N) is 2. The highest BCUT2D eigenvalue weighted by atomic mass is 16.2. The van der Waals surface area contributed by atoms with Crippen molar-refractivity contribution in [1.29, 1.82) is 0 Å². The van der Waals surface area contributed by atoms with Gasteiger partial charge < -0.3 is 15.5 Å². The van der Waals surface area contributed by atoms with Crippen LogP contribution in [0.4, 0.5) is 17.1 Å². The summed E-state index contributed by atoms with van der Waals surface area (Å²) in [6.45, 7) is 7.30. The van der Waals surface area contributed by atoms with Gasteiger partial charge in [-0.05, 0) is 25.0 Å². The molecule has 0 saturated carbocycles. The molecule has 1 aliphatic heterocycles. The van der Waals surface area contributed by atoms with Crippen LogP contribution in [0.5, 0.6) is 0 Å². The topological polar surface area (TPSA) is 66.6 Å². The minimum atomic E-state index is -0.540. The molecule has 5 heteroatoms. The van der Waals surface area contributed by atoms with Gasteiger partial charge in [0.25, 0.3) is 10.9 Å². The van der Waals surface area contributed by atoms with Gasteiger partial charge in [-0.15, -0.1) is 0 Å². The number of nitrogen functional groups attached to an aromatic ring is 1. The third kappa shape index (κ3) is 2.09. The molecule has 0 spiro atoms. The molecule has 21 heavy (non-hydrogen) atoms. The van der Waals surface area contributed by atoms with E-state index < -0.39 is 10.9 Å². The largest absolute Gasteiger partial charge is 0.394 e. The molecule has 0 aliphatic carbocycles. The molecular formula is C16H19N3O2. The second kappa shape index (κ2) is 4.91. The van der Waals surface area contributed by atoms with Gasteiger partial charge in [0.15, 0.2) is 0 Å². The van der Waals surface area contributed by atoms with Gasteiger partial charge in [0.05, 0.1) is 0 Å². The van der Waals surface area contributed by atoms with E-state index in [1.807, 2.05) is 4.90 Å². The first-order valence-electron chi connectivity index (χ1n) is 7.15. The van der Waals surface area contributed by atoms with Crippen LogP contribution in [-0.2, 0) is 0 Å². The Labute approximate surface area is 123 Å². The van der Waals surface area contributed by atoms with Crippen LogP contribution in [0.15, 0.2) is 27.8 Å². The van der Waals surface area contributed by atoms with Crippen molar-refractivity contribution >= 4 is 17.1 Å². The second-order valence-electron chi connectivity index (χ2n) is 5.64. The van der Waals surface area contributed by atoms with E-state index in [-0.39, 0.29) is 5.69 Å². The van der Waals surface area contributed by atoms with E-state index in [0.29, 0.717) is 18.8 Å². The number of para-hydroxylation sites is 1. The monoisotopic (exact) mass is 285 g/mol. The Morgan fingerprint density at radius 3 is 1.81 bits per heavy atom. The molecule has 0 aromatic heterocycles. The van der Waals surface area contributed by atoms with Crippen molar-refractivity contribution in [2.45, 2.75) is 13.8 Å². The number of hydrogen-bond donors (Lipinski definition) is 1. The van der Waals surface area contributed by atoms with Crippen molar-refractivity contribution in [3.05, 3.63) is 49.8 Å². The van der Waals surface area contributed by atoms with E-state index in [2.05, 4.69) is 36.9 Å². The van der Waals surface area contributed by atoms with Crippen LogP contribution < -0.4 is 26.4 Å². The average molecular weight is 285 g/mol. The van der Waals surface area contributed by atoms with Crippen molar-refractivity contribution in [2.75, 3.05) is 41.7 Å². The molecule has 110 valence electrons. The van der Waals surface area contributed by atoms with E-state index in [9.17, 15) is 9.59 Å². The zero-order valence-electron chi connectivity index (χ0n) is 12.3. The maximum absolute atomic E-state index is 11.6. The summed E-state index contributed by atoms with van der Waals surface area (Å²) in [6, 6.07) is 6.29. The summed E-state index contributed by atoms with van der Waals surface area (Å²) in [5, 5.41) is 0. The molecule has 2 aromatic carbocycles. The van der Waals surface area contributed by atoms with Gasteiger partial charge in [0.1, 0.15) is 11.4 Å². The summed E-state index contributed by atoms with van der Waals surface area (Å²) < 4.78 is 0. The number of hydrogen-bond acceptors (Lipinski definition) is 5. The molecule has 1 heterocycles. The molecule has 0 radical (unpaired) electrons. The van der Waals surface area contributed by atoms with Crippen molar-refractivity contribution in [3.8, 4) is 0 Å². The lowest BCUT2D eigenvalue weighted by Gasteiger charge is -2.39. The molecule has 0 unspecified atom stereocenters. The molecule has 1 saturated heterocycles. The zero-order chi connectivity index (χ0) is 15.1. The predicted octanol–water partition coefficient (Wildman–Crippen LogP) is 0.808. The van der Waals surface area contributed by atoms with Gasteiger partial charge >= 0.3 is 0 Å². The van der Waals surface area contributed by atoms with Gasteiger partial charge in [-0.25, -0.2) is 0 Å². The summed E-state index contributed by atoms with van der Waals surface area (Å²) in [4.78, 5) is 27.1. The summed E-state index contributed by atoms with van der Waals surface area (Å²) in [5.41, 5.74) is 9.00. The third-order valence-corrected chi connectivity index (χ3v) is 4.27. The first-order chi connectivity index (χ1) is 10.0. The highest BCUT2D eigenvalue weighted by molar-refractivity contribution is 5.73. The summed E-state index contributed by atoms with van der Waals surface area (Å²) in [7, 11) is 0. The standard InChI is InChI=1S/C16H19N3O2/c1-10-4-3-5-11(2)13(10)18-6-8-19(9-7-18)14-12(17)15(20)16(14)21/h3-5H,6-9,17H2,1-2H3. The minimum absolute atomic E-state index is 0.125. The fourth-order valence-corrected chi connectivity index (χ4v) is 3.17. The van der Waals surface area contributed by atoms with E-state index in [1.54, 1.807) is 0 Å². The molecule has 0 atom stereocenters. The third-order valence-electron chi connectivity index (χ3n) is 4.27. The van der Waals surface area contributed by atoms with E-state index in [0.717, 1.165) is 13.1 Å². The Bertz CT molecular complexity index is 731. The lowest BCUT2D eigenvalue weighted by Crippen LogP contribution is -2.52. The normalized spacial score (nSPS) is 15.7. The van der Waals surface area contributed by atoms with Crippen LogP contribution in [0.25, 0.3) is 0 Å². The first kappa shape index (κ1) is 13.7. The van der Waals surface area contributed by atoms with Crippen molar-refractivity contribution in [1.82, 2.24) is 0 Å². The van der Waals surface area contributed by atoms with Crippen molar-refractivity contribution in [3.63, 3.8) is 0 Å². The Balaban J connectivity index is 1.77. The van der Waals surface area contributed by atoms with E-state index >= 15 is 0 Å². The highest BCUT2D eigenvalue weighted by Gasteiger charge is 2.27. The van der Waals surface area contributed by atoms with Crippen LogP contribution in [0.1, 0.15) is 11.1 Å². The Kier molecular flexibility index (Phi) is 3.20. The molecule has 2 aromatic rings. The van der Waals surface area contributed by atoms with Crippen molar-refractivity contribution < 1.29 is 0 Å². The fraction of sp³-hybridized carbons (Fsp3) is 0.375. The number of benzene rings is 1. The van der Waals surface area contributed by atoms with Gasteiger partial charge in [-0.2, -0.15) is 0 Å². The summed E-state index contributed by atoms with van der Waals surface area (Å²) >= 11 is 0. The molecule has 3 rings (SSSR count). The number of aryl methyl sites for hydroxylation is 2. The van der Waals surface area contributed by atoms with Gasteiger partial charge in [-0.1, -0.05) is 18.2 Å². The average Bonchev–Trinajstić information content (AvgIpc) is 2.48. The van der Waals surface area contributed by atoms with E-state index in [1.165, 1.54) is 16.8 Å². The molecular weight excluding hydrogens is 266 g/mol. The number of anilines is 3. The van der Waals surface area contributed by atoms with Crippen LogP contribution in [-0.4, -0.2) is 26.2 Å². The molecule has 0 bridgehead atoms. The molecule has 5 nitrogen and oxygen atoms in total. The smallest absolute Gasteiger partial charge is 0.253 e. The van der Waals surface area contributed by atoms with Crippen LogP contribution in [0.2, 0.25) is 0 Å². The second-order valence-corrected chi connectivity index (χ2v) is 5.64. The van der Waals surface area contributed by atoms with Crippen LogP contribution >= 0.6 is 0 Å². The van der Waals surface area contributed by atoms with Gasteiger partial charge in [-0.3, -0.25) is 9.59 Å². The lowest BCUT2D eigenvalue weighted by molar-refractivity contribution is 0.648. The first-order valence-corrected chi connectivity index (χ1v) is 7.15. The van der Waals surface area contributed by atoms with E-state index in [4.69, 9.17) is 5.73 Å². The number of rotatable bonds is 2. The minimum Gasteiger partial charge on any atom is -0.394 e. The SMILES string of the molecule is Cc1cccc(C)c1N1CCN(c2c(N)c(=O)c2=O)CC1. The number of nitrogens with two attached hydrogens (primary N) is 1. The maximum atomic E-state index is 11.6. The number of piperazine rings is 1. The maximum Gasteiger partial charge on any atom is 0.253 e. The molecule has 1 aliphatic rings. The van der Waals surface area contributed by atoms with Gasteiger partial charge in [0.2, 0.25) is 0 Å². The molecule has 0 amide bonds. The lowest BCUT2D eigenvalue weighted by atomic mass is 10.1. The van der Waals surface area contributed by atoms with Crippen molar-refractivity contribution in [2.24, 2.45) is 0 Å². The Morgan fingerprint density at radius 2 is 1.33 bits per heavy atom. The quantitative estimate of drug-likeness (QED) is 0.827. The van der Waals surface area contributed by atoms with Crippen LogP contribution in [0.3, 0.4) is 0 Å². The molecule has 1 fully saturated rings.